The standard InChI is InChI=1S/C15H21NO2/c1-2-10-3-4-13-12(7-10)8-14(17)15(16-13)11-5-6-18-9-11/h3-4,7,11,14-17H,2,5-6,8-9H2,1H3. The lowest BCUT2D eigenvalue weighted by Crippen LogP contribution is -2.44. The Kier molecular flexibility index (Phi) is 3.27. The first-order valence-corrected chi connectivity index (χ1v) is 6.92. The van der Waals surface area contributed by atoms with Gasteiger partial charge in [0, 0.05) is 24.6 Å². The van der Waals surface area contributed by atoms with Crippen molar-refractivity contribution in [3.8, 4) is 0 Å². The van der Waals surface area contributed by atoms with E-state index in [0.29, 0.717) is 5.92 Å². The average Bonchev–Trinajstić information content (AvgIpc) is 2.91. The second kappa shape index (κ2) is 4.90. The first kappa shape index (κ1) is 12.0. The molecule has 3 nitrogen and oxygen atoms in total. The van der Waals surface area contributed by atoms with Crippen LogP contribution in [0.2, 0.25) is 0 Å². The molecule has 0 amide bonds. The minimum absolute atomic E-state index is 0.146. The molecule has 1 fully saturated rings. The van der Waals surface area contributed by atoms with Gasteiger partial charge in [-0.3, -0.25) is 0 Å². The molecule has 2 N–H and O–H groups in total. The van der Waals surface area contributed by atoms with E-state index >= 15 is 0 Å². The number of benzene rings is 1. The number of aryl methyl sites for hydroxylation is 1. The van der Waals surface area contributed by atoms with Crippen LogP contribution in [0.25, 0.3) is 0 Å². The van der Waals surface area contributed by atoms with Crippen LogP contribution in [0.15, 0.2) is 18.2 Å². The van der Waals surface area contributed by atoms with Crippen molar-refractivity contribution in [2.45, 2.75) is 38.3 Å². The van der Waals surface area contributed by atoms with E-state index in [-0.39, 0.29) is 12.1 Å². The molecule has 1 aromatic rings. The highest BCUT2D eigenvalue weighted by molar-refractivity contribution is 5.56. The molecule has 0 radical (unpaired) electrons. The highest BCUT2D eigenvalue weighted by Gasteiger charge is 2.34. The van der Waals surface area contributed by atoms with Gasteiger partial charge in [0.15, 0.2) is 0 Å². The minimum Gasteiger partial charge on any atom is -0.391 e. The second-order valence-corrected chi connectivity index (χ2v) is 5.41. The molecule has 3 unspecified atom stereocenters. The number of hydrogen-bond acceptors (Lipinski definition) is 3. The molecule has 0 bridgehead atoms. The maximum absolute atomic E-state index is 10.3. The van der Waals surface area contributed by atoms with Crippen LogP contribution in [-0.2, 0) is 17.6 Å². The van der Waals surface area contributed by atoms with Crippen molar-refractivity contribution in [2.24, 2.45) is 5.92 Å². The van der Waals surface area contributed by atoms with Crippen molar-refractivity contribution < 1.29 is 9.84 Å². The Morgan fingerprint density at radius 3 is 3.06 bits per heavy atom. The summed E-state index contributed by atoms with van der Waals surface area (Å²) in [6, 6.07) is 6.69. The van der Waals surface area contributed by atoms with E-state index in [1.54, 1.807) is 0 Å². The van der Waals surface area contributed by atoms with E-state index in [1.165, 1.54) is 16.8 Å². The van der Waals surface area contributed by atoms with Gasteiger partial charge in [-0.15, -0.1) is 0 Å². The number of fused-ring (bicyclic) bond motifs is 1. The number of aliphatic hydroxyl groups excluding tert-OH is 1. The molecule has 3 atom stereocenters. The van der Waals surface area contributed by atoms with Crippen LogP contribution >= 0.6 is 0 Å². The normalized spacial score (nSPS) is 30.9. The lowest BCUT2D eigenvalue weighted by atomic mass is 9.86. The minimum atomic E-state index is -0.295. The predicted octanol–water partition coefficient (Wildman–Crippen LogP) is 1.98. The quantitative estimate of drug-likeness (QED) is 0.839. The third kappa shape index (κ3) is 2.13. The summed E-state index contributed by atoms with van der Waals surface area (Å²) in [4.78, 5) is 0. The summed E-state index contributed by atoms with van der Waals surface area (Å²) >= 11 is 0. The topological polar surface area (TPSA) is 41.5 Å². The number of nitrogens with one attached hydrogen (secondary N) is 1. The Balaban J connectivity index is 1.82. The summed E-state index contributed by atoms with van der Waals surface area (Å²) in [7, 11) is 0. The second-order valence-electron chi connectivity index (χ2n) is 5.41. The molecule has 0 saturated carbocycles. The van der Waals surface area contributed by atoms with E-state index in [2.05, 4.69) is 30.4 Å². The van der Waals surface area contributed by atoms with E-state index in [0.717, 1.165) is 32.5 Å². The zero-order valence-electron chi connectivity index (χ0n) is 10.9. The Hall–Kier alpha value is -1.06. The van der Waals surface area contributed by atoms with Crippen LogP contribution in [0.1, 0.15) is 24.5 Å². The third-order valence-electron chi connectivity index (χ3n) is 4.22. The van der Waals surface area contributed by atoms with Crippen molar-refractivity contribution in [3.63, 3.8) is 0 Å². The van der Waals surface area contributed by atoms with Crippen LogP contribution in [0.5, 0.6) is 0 Å². The summed E-state index contributed by atoms with van der Waals surface area (Å²) < 4.78 is 5.43. The van der Waals surface area contributed by atoms with Crippen LogP contribution in [0, 0.1) is 5.92 Å². The summed E-state index contributed by atoms with van der Waals surface area (Å²) in [5.74, 6) is 0.444. The molecule has 0 spiro atoms. The van der Waals surface area contributed by atoms with Gasteiger partial charge in [-0.1, -0.05) is 19.1 Å². The monoisotopic (exact) mass is 247 g/mol. The van der Waals surface area contributed by atoms with Crippen molar-refractivity contribution in [1.82, 2.24) is 0 Å². The van der Waals surface area contributed by atoms with E-state index in [9.17, 15) is 5.11 Å². The van der Waals surface area contributed by atoms with Gasteiger partial charge >= 0.3 is 0 Å². The maximum Gasteiger partial charge on any atom is 0.0785 e. The Morgan fingerprint density at radius 2 is 2.33 bits per heavy atom. The van der Waals surface area contributed by atoms with Crippen molar-refractivity contribution in [3.05, 3.63) is 29.3 Å². The molecule has 98 valence electrons. The summed E-state index contributed by atoms with van der Waals surface area (Å²) in [6.45, 7) is 3.77. The summed E-state index contributed by atoms with van der Waals surface area (Å²) in [5.41, 5.74) is 3.77. The summed E-state index contributed by atoms with van der Waals surface area (Å²) in [6.07, 6.45) is 2.56. The van der Waals surface area contributed by atoms with Crippen LogP contribution in [0.3, 0.4) is 0 Å². The predicted molar refractivity (Wildman–Crippen MR) is 71.9 cm³/mol. The third-order valence-corrected chi connectivity index (χ3v) is 4.22. The van der Waals surface area contributed by atoms with Gasteiger partial charge in [-0.25, -0.2) is 0 Å². The fourth-order valence-electron chi connectivity index (χ4n) is 3.07. The van der Waals surface area contributed by atoms with Crippen molar-refractivity contribution >= 4 is 5.69 Å². The van der Waals surface area contributed by atoms with Gasteiger partial charge in [0.05, 0.1) is 18.8 Å². The molecule has 18 heavy (non-hydrogen) atoms. The molecule has 3 rings (SSSR count). The van der Waals surface area contributed by atoms with Gasteiger partial charge in [0.25, 0.3) is 0 Å². The Morgan fingerprint density at radius 1 is 1.44 bits per heavy atom. The molecule has 1 aromatic carbocycles. The number of rotatable bonds is 2. The van der Waals surface area contributed by atoms with Gasteiger partial charge < -0.3 is 15.2 Å². The SMILES string of the molecule is CCc1ccc2c(c1)CC(O)C(C1CCOC1)N2. The van der Waals surface area contributed by atoms with E-state index < -0.39 is 0 Å². The number of aliphatic hydroxyl groups is 1. The first-order chi connectivity index (χ1) is 8.78. The highest BCUT2D eigenvalue weighted by Crippen LogP contribution is 2.31. The molecule has 3 heteroatoms. The number of ether oxygens (including phenoxy) is 1. The van der Waals surface area contributed by atoms with Gasteiger partial charge in [0.2, 0.25) is 0 Å². The number of hydrogen-bond donors (Lipinski definition) is 2. The van der Waals surface area contributed by atoms with Crippen molar-refractivity contribution in [1.29, 1.82) is 0 Å². The van der Waals surface area contributed by atoms with Crippen LogP contribution in [-0.4, -0.2) is 30.5 Å². The highest BCUT2D eigenvalue weighted by atomic mass is 16.5. The molecular weight excluding hydrogens is 226 g/mol. The first-order valence-electron chi connectivity index (χ1n) is 6.92. The van der Waals surface area contributed by atoms with Crippen LogP contribution in [0.4, 0.5) is 5.69 Å². The lowest BCUT2D eigenvalue weighted by Gasteiger charge is -2.35. The fraction of sp³-hybridized carbons (Fsp3) is 0.600. The number of anilines is 1. The molecule has 2 aliphatic rings. The average molecular weight is 247 g/mol. The van der Waals surface area contributed by atoms with Crippen molar-refractivity contribution in [2.75, 3.05) is 18.5 Å². The molecular formula is C15H21NO2. The molecule has 1 saturated heterocycles. The van der Waals surface area contributed by atoms with E-state index in [1.807, 2.05) is 0 Å². The molecule has 0 aliphatic carbocycles. The summed E-state index contributed by atoms with van der Waals surface area (Å²) in [5, 5.41) is 13.8. The Bertz CT molecular complexity index is 427. The van der Waals surface area contributed by atoms with E-state index in [4.69, 9.17) is 4.74 Å². The maximum atomic E-state index is 10.3. The molecule has 2 aliphatic heterocycles. The smallest absolute Gasteiger partial charge is 0.0785 e. The Labute approximate surface area is 108 Å². The largest absolute Gasteiger partial charge is 0.391 e. The zero-order valence-corrected chi connectivity index (χ0v) is 10.9. The van der Waals surface area contributed by atoms with Gasteiger partial charge in [-0.05, 0) is 30.0 Å². The van der Waals surface area contributed by atoms with Crippen LogP contribution < -0.4 is 5.32 Å². The zero-order chi connectivity index (χ0) is 12.5. The lowest BCUT2D eigenvalue weighted by molar-refractivity contribution is 0.111. The van der Waals surface area contributed by atoms with Gasteiger partial charge in [0.1, 0.15) is 0 Å². The molecule has 0 aromatic heterocycles. The fourth-order valence-corrected chi connectivity index (χ4v) is 3.07. The van der Waals surface area contributed by atoms with Gasteiger partial charge in [-0.2, -0.15) is 0 Å². The molecule has 2 heterocycles.